The SMILES string of the molecule is CC(C)S(=O)(=O)c1ccc(CC(=O)NC2CCC(Oc3cnccn3)CC2)cc1. The molecule has 3 rings (SSSR count). The van der Waals surface area contributed by atoms with Crippen LogP contribution in [0.25, 0.3) is 0 Å². The molecule has 1 fully saturated rings. The number of hydrogen-bond donors (Lipinski definition) is 1. The summed E-state index contributed by atoms with van der Waals surface area (Å²) in [6.07, 6.45) is 8.54. The number of benzene rings is 1. The molecule has 0 aliphatic heterocycles. The van der Waals surface area contributed by atoms with Crippen LogP contribution in [-0.4, -0.2) is 41.7 Å². The Bertz CT molecular complexity index is 907. The molecule has 0 saturated heterocycles. The van der Waals surface area contributed by atoms with Gasteiger partial charge in [0.15, 0.2) is 9.84 Å². The van der Waals surface area contributed by atoms with E-state index in [1.54, 1.807) is 56.7 Å². The zero-order valence-corrected chi connectivity index (χ0v) is 17.6. The van der Waals surface area contributed by atoms with E-state index in [1.807, 2.05) is 0 Å². The fourth-order valence-corrected chi connectivity index (χ4v) is 4.44. The summed E-state index contributed by atoms with van der Waals surface area (Å²) in [7, 11) is -3.29. The molecular weight excluding hydrogens is 390 g/mol. The Labute approximate surface area is 171 Å². The number of nitrogens with one attached hydrogen (secondary N) is 1. The lowest BCUT2D eigenvalue weighted by Crippen LogP contribution is -2.40. The monoisotopic (exact) mass is 417 g/mol. The van der Waals surface area contributed by atoms with Gasteiger partial charge in [-0.1, -0.05) is 12.1 Å². The summed E-state index contributed by atoms with van der Waals surface area (Å²) in [6.45, 7) is 3.31. The highest BCUT2D eigenvalue weighted by molar-refractivity contribution is 7.92. The molecule has 7 nitrogen and oxygen atoms in total. The van der Waals surface area contributed by atoms with E-state index in [0.29, 0.717) is 5.88 Å². The maximum Gasteiger partial charge on any atom is 0.232 e. The largest absolute Gasteiger partial charge is 0.473 e. The first-order valence-corrected chi connectivity index (χ1v) is 11.4. The summed E-state index contributed by atoms with van der Waals surface area (Å²) in [5.41, 5.74) is 0.796. The minimum Gasteiger partial charge on any atom is -0.473 e. The predicted octanol–water partition coefficient (Wildman–Crippen LogP) is 2.71. The molecule has 29 heavy (non-hydrogen) atoms. The Balaban J connectivity index is 1.45. The van der Waals surface area contributed by atoms with Crippen molar-refractivity contribution in [1.82, 2.24) is 15.3 Å². The van der Waals surface area contributed by atoms with Gasteiger partial charge in [-0.05, 0) is 57.2 Å². The normalized spacial score (nSPS) is 19.7. The maximum absolute atomic E-state index is 12.4. The first-order chi connectivity index (χ1) is 13.8. The van der Waals surface area contributed by atoms with E-state index in [0.717, 1.165) is 31.2 Å². The summed E-state index contributed by atoms with van der Waals surface area (Å²) in [4.78, 5) is 20.8. The Morgan fingerprint density at radius 3 is 2.41 bits per heavy atom. The zero-order chi connectivity index (χ0) is 20.9. The van der Waals surface area contributed by atoms with Gasteiger partial charge in [0, 0.05) is 18.4 Å². The summed E-state index contributed by atoms with van der Waals surface area (Å²) in [6, 6.07) is 6.70. The standard InChI is InChI=1S/C21H27N3O4S/c1-15(2)29(26,27)19-9-3-16(4-10-19)13-20(25)24-17-5-7-18(8-6-17)28-21-14-22-11-12-23-21/h3-4,9-12,14-15,17-18H,5-8,13H2,1-2H3,(H,24,25). The van der Waals surface area contributed by atoms with Crippen LogP contribution in [0.4, 0.5) is 0 Å². The molecule has 1 amide bonds. The van der Waals surface area contributed by atoms with Crippen molar-refractivity contribution in [2.24, 2.45) is 0 Å². The van der Waals surface area contributed by atoms with Crippen LogP contribution in [0.5, 0.6) is 5.88 Å². The number of ether oxygens (including phenoxy) is 1. The lowest BCUT2D eigenvalue weighted by Gasteiger charge is -2.29. The second-order valence-corrected chi connectivity index (χ2v) is 10.1. The van der Waals surface area contributed by atoms with Gasteiger partial charge < -0.3 is 10.1 Å². The minimum atomic E-state index is -3.29. The van der Waals surface area contributed by atoms with Crippen LogP contribution in [0.3, 0.4) is 0 Å². The molecule has 0 spiro atoms. The second-order valence-electron chi connectivity index (χ2n) is 7.62. The van der Waals surface area contributed by atoms with E-state index in [2.05, 4.69) is 15.3 Å². The van der Waals surface area contributed by atoms with Crippen molar-refractivity contribution in [3.8, 4) is 5.88 Å². The molecule has 1 aromatic carbocycles. The molecule has 1 N–H and O–H groups in total. The smallest absolute Gasteiger partial charge is 0.232 e. The third kappa shape index (κ3) is 5.76. The Hall–Kier alpha value is -2.48. The van der Waals surface area contributed by atoms with Crippen molar-refractivity contribution in [1.29, 1.82) is 0 Å². The van der Waals surface area contributed by atoms with Crippen molar-refractivity contribution >= 4 is 15.7 Å². The number of nitrogens with zero attached hydrogens (tertiary/aromatic N) is 2. The molecule has 0 bridgehead atoms. The van der Waals surface area contributed by atoms with Gasteiger partial charge in [0.1, 0.15) is 6.10 Å². The topological polar surface area (TPSA) is 98.2 Å². The average molecular weight is 418 g/mol. The van der Waals surface area contributed by atoms with Gasteiger partial charge in [-0.25, -0.2) is 13.4 Å². The maximum atomic E-state index is 12.4. The van der Waals surface area contributed by atoms with Crippen molar-refractivity contribution in [2.75, 3.05) is 0 Å². The number of aromatic nitrogens is 2. The lowest BCUT2D eigenvalue weighted by atomic mass is 9.92. The highest BCUT2D eigenvalue weighted by atomic mass is 32.2. The zero-order valence-electron chi connectivity index (χ0n) is 16.7. The molecule has 1 aromatic heterocycles. The van der Waals surface area contributed by atoms with Gasteiger partial charge in [0.25, 0.3) is 0 Å². The van der Waals surface area contributed by atoms with Crippen molar-refractivity contribution in [2.45, 2.75) is 68.2 Å². The molecule has 0 atom stereocenters. The summed E-state index contributed by atoms with van der Waals surface area (Å²) in [5, 5.41) is 2.61. The number of carbonyl (C=O) groups excluding carboxylic acids is 1. The fourth-order valence-electron chi connectivity index (χ4n) is 3.38. The van der Waals surface area contributed by atoms with Crippen LogP contribution in [0.2, 0.25) is 0 Å². The number of sulfone groups is 1. The van der Waals surface area contributed by atoms with Crippen molar-refractivity contribution in [3.63, 3.8) is 0 Å². The predicted molar refractivity (Wildman–Crippen MR) is 109 cm³/mol. The molecule has 1 saturated carbocycles. The van der Waals surface area contributed by atoms with E-state index in [4.69, 9.17) is 4.74 Å². The quantitative estimate of drug-likeness (QED) is 0.744. The van der Waals surface area contributed by atoms with Crippen molar-refractivity contribution in [3.05, 3.63) is 48.4 Å². The van der Waals surface area contributed by atoms with E-state index in [1.165, 1.54) is 0 Å². The summed E-state index contributed by atoms with van der Waals surface area (Å²) >= 11 is 0. The molecule has 1 heterocycles. The Kier molecular flexibility index (Phi) is 6.84. The highest BCUT2D eigenvalue weighted by Crippen LogP contribution is 2.23. The summed E-state index contributed by atoms with van der Waals surface area (Å²) in [5.74, 6) is 0.477. The average Bonchev–Trinajstić information content (AvgIpc) is 2.70. The second kappa shape index (κ2) is 9.35. The van der Waals surface area contributed by atoms with Crippen LogP contribution in [0.15, 0.2) is 47.8 Å². The molecule has 1 aliphatic rings. The molecule has 1 aliphatic carbocycles. The molecular formula is C21H27N3O4S. The van der Waals surface area contributed by atoms with Crippen LogP contribution < -0.4 is 10.1 Å². The third-order valence-corrected chi connectivity index (χ3v) is 7.27. The number of carbonyl (C=O) groups is 1. The van der Waals surface area contributed by atoms with E-state index < -0.39 is 15.1 Å². The van der Waals surface area contributed by atoms with E-state index in [-0.39, 0.29) is 29.4 Å². The van der Waals surface area contributed by atoms with Gasteiger partial charge in [0.2, 0.25) is 11.8 Å². The Morgan fingerprint density at radius 1 is 1.14 bits per heavy atom. The van der Waals surface area contributed by atoms with Crippen LogP contribution in [0.1, 0.15) is 45.1 Å². The lowest BCUT2D eigenvalue weighted by molar-refractivity contribution is -0.121. The first kappa shape index (κ1) is 21.2. The number of hydrogen-bond acceptors (Lipinski definition) is 6. The molecule has 156 valence electrons. The Morgan fingerprint density at radius 2 is 1.83 bits per heavy atom. The van der Waals surface area contributed by atoms with Gasteiger partial charge in [-0.15, -0.1) is 0 Å². The molecule has 0 radical (unpaired) electrons. The van der Waals surface area contributed by atoms with Crippen LogP contribution in [0, 0.1) is 0 Å². The van der Waals surface area contributed by atoms with Crippen LogP contribution >= 0.6 is 0 Å². The summed E-state index contributed by atoms with van der Waals surface area (Å²) < 4.78 is 30.2. The molecule has 2 aromatic rings. The van der Waals surface area contributed by atoms with Gasteiger partial charge in [-0.2, -0.15) is 0 Å². The number of rotatable bonds is 7. The van der Waals surface area contributed by atoms with Gasteiger partial charge >= 0.3 is 0 Å². The third-order valence-electron chi connectivity index (χ3n) is 5.10. The molecule has 0 unspecified atom stereocenters. The first-order valence-electron chi connectivity index (χ1n) is 9.89. The fraction of sp³-hybridized carbons (Fsp3) is 0.476. The highest BCUT2D eigenvalue weighted by Gasteiger charge is 2.24. The van der Waals surface area contributed by atoms with Gasteiger partial charge in [-0.3, -0.25) is 9.78 Å². The minimum absolute atomic E-state index is 0.0530. The number of amides is 1. The van der Waals surface area contributed by atoms with Gasteiger partial charge in [0.05, 0.1) is 22.8 Å². The van der Waals surface area contributed by atoms with E-state index >= 15 is 0 Å². The van der Waals surface area contributed by atoms with Crippen molar-refractivity contribution < 1.29 is 17.9 Å². The van der Waals surface area contributed by atoms with Crippen LogP contribution in [-0.2, 0) is 21.1 Å². The van der Waals surface area contributed by atoms with E-state index in [9.17, 15) is 13.2 Å². The molecule has 8 heteroatoms.